The first-order valence-corrected chi connectivity index (χ1v) is 14.5. The number of ether oxygens (including phenoxy) is 5. The van der Waals surface area contributed by atoms with Gasteiger partial charge in [-0.15, -0.1) is 10.2 Å². The third kappa shape index (κ3) is 11.0. The van der Waals surface area contributed by atoms with Crippen LogP contribution in [0.25, 0.3) is 0 Å². The molecule has 49 heavy (non-hydrogen) atoms. The zero-order valence-electron chi connectivity index (χ0n) is 27.0. The van der Waals surface area contributed by atoms with Crippen LogP contribution < -0.4 is 5.43 Å². The van der Waals surface area contributed by atoms with Crippen LogP contribution in [0.5, 0.6) is 0 Å². The van der Waals surface area contributed by atoms with Gasteiger partial charge in [0.2, 0.25) is 0 Å². The largest absolute Gasteiger partial charge is 0.462 e. The molecule has 2 aromatic rings. The predicted octanol–water partition coefficient (Wildman–Crippen LogP) is -1.10. The number of nitrogens with zero attached hydrogens (tertiary/aromatic N) is 6. The molecule has 1 aromatic carbocycles. The lowest BCUT2D eigenvalue weighted by Crippen LogP contribution is -2.53. The molecule has 2 heterocycles. The topological polar surface area (TPSA) is 254 Å². The van der Waals surface area contributed by atoms with Gasteiger partial charge in [-0.3, -0.25) is 43.3 Å². The van der Waals surface area contributed by atoms with E-state index in [2.05, 4.69) is 25.9 Å². The van der Waals surface area contributed by atoms with Gasteiger partial charge in [0, 0.05) is 47.6 Å². The van der Waals surface area contributed by atoms with E-state index in [4.69, 9.17) is 23.7 Å². The number of carbonyl (C=O) groups is 8. The standard InChI is InChI=1S/C29H33N7O13/c1-15(37)45-14-23(47-17(3)39)27(49-19(5)41)26(48-18(4)40)22(46-16(2)38)12-30-32-25(42)13-36-33-24(31-34-36)10-11-35-28(43)20-8-6-7-9-21(20)29(35)44/h6-9,12,22-23,26-27H,10-11,13-14H2,1-5H3,(H,32,42)/b30-12+/t22-,23+,26+,27-/m0/s1. The molecule has 1 N–H and O–H groups in total. The van der Waals surface area contributed by atoms with Crippen LogP contribution in [0.2, 0.25) is 0 Å². The molecule has 3 amide bonds. The summed E-state index contributed by atoms with van der Waals surface area (Å²) in [6.07, 6.45) is -5.72. The number of carbonyl (C=O) groups excluding carboxylic acids is 8. The average molecular weight is 688 g/mol. The van der Waals surface area contributed by atoms with Gasteiger partial charge in [-0.2, -0.15) is 9.90 Å². The predicted molar refractivity (Wildman–Crippen MR) is 159 cm³/mol. The Hall–Kier alpha value is -6.08. The minimum atomic E-state index is -1.73. The van der Waals surface area contributed by atoms with Crippen molar-refractivity contribution in [2.75, 3.05) is 13.2 Å². The second-order valence-electron chi connectivity index (χ2n) is 10.3. The van der Waals surface area contributed by atoms with Gasteiger partial charge in [0.25, 0.3) is 17.7 Å². The molecule has 262 valence electrons. The van der Waals surface area contributed by atoms with Crippen molar-refractivity contribution in [3.05, 3.63) is 41.2 Å². The molecular formula is C29H33N7O13. The highest BCUT2D eigenvalue weighted by Gasteiger charge is 2.43. The quantitative estimate of drug-likeness (QED) is 0.0722. The number of imide groups is 1. The number of benzene rings is 1. The smallest absolute Gasteiger partial charge is 0.303 e. The monoisotopic (exact) mass is 687 g/mol. The molecule has 0 saturated carbocycles. The third-order valence-corrected chi connectivity index (χ3v) is 6.32. The van der Waals surface area contributed by atoms with Gasteiger partial charge in [0.15, 0.2) is 30.2 Å². The van der Waals surface area contributed by atoms with Crippen LogP contribution in [0.4, 0.5) is 0 Å². The van der Waals surface area contributed by atoms with Gasteiger partial charge in [-0.25, -0.2) is 5.43 Å². The van der Waals surface area contributed by atoms with Gasteiger partial charge in [0.05, 0.1) is 17.3 Å². The van der Waals surface area contributed by atoms with Crippen molar-refractivity contribution in [1.29, 1.82) is 0 Å². The average Bonchev–Trinajstić information content (AvgIpc) is 3.55. The Morgan fingerprint density at radius 1 is 0.816 bits per heavy atom. The Kier molecular flexibility index (Phi) is 13.1. The maximum Gasteiger partial charge on any atom is 0.303 e. The first kappa shape index (κ1) is 37.4. The van der Waals surface area contributed by atoms with Crippen LogP contribution in [0, 0.1) is 0 Å². The molecular weight excluding hydrogens is 654 g/mol. The number of tetrazole rings is 1. The summed E-state index contributed by atoms with van der Waals surface area (Å²) >= 11 is 0. The van der Waals surface area contributed by atoms with E-state index in [0.29, 0.717) is 11.1 Å². The molecule has 4 atom stereocenters. The van der Waals surface area contributed by atoms with Crippen molar-refractivity contribution in [3.8, 4) is 0 Å². The maximum atomic E-state index is 12.6. The van der Waals surface area contributed by atoms with E-state index in [1.165, 1.54) is 0 Å². The minimum absolute atomic E-state index is 0.0247. The van der Waals surface area contributed by atoms with Crippen molar-refractivity contribution in [1.82, 2.24) is 30.5 Å². The lowest BCUT2D eigenvalue weighted by molar-refractivity contribution is -0.197. The lowest BCUT2D eigenvalue weighted by Gasteiger charge is -2.34. The van der Waals surface area contributed by atoms with Crippen molar-refractivity contribution in [3.63, 3.8) is 0 Å². The fourth-order valence-corrected chi connectivity index (χ4v) is 4.49. The lowest BCUT2D eigenvalue weighted by atomic mass is 10.0. The van der Waals surface area contributed by atoms with Gasteiger partial charge < -0.3 is 23.7 Å². The van der Waals surface area contributed by atoms with E-state index in [0.717, 1.165) is 50.5 Å². The molecule has 0 unspecified atom stereocenters. The normalized spacial score (nSPS) is 14.7. The van der Waals surface area contributed by atoms with E-state index in [1.807, 2.05) is 0 Å². The first-order chi connectivity index (χ1) is 23.2. The maximum absolute atomic E-state index is 12.6. The van der Waals surface area contributed by atoms with Crippen LogP contribution in [0.3, 0.4) is 0 Å². The molecule has 20 nitrogen and oxygen atoms in total. The number of esters is 5. The summed E-state index contributed by atoms with van der Waals surface area (Å²) in [6, 6.07) is 6.42. The number of aromatic nitrogens is 4. The summed E-state index contributed by atoms with van der Waals surface area (Å²) in [5.41, 5.74) is 2.73. The van der Waals surface area contributed by atoms with Crippen LogP contribution in [0.15, 0.2) is 29.4 Å². The Morgan fingerprint density at radius 3 is 1.94 bits per heavy atom. The number of nitrogens with one attached hydrogen (secondary N) is 1. The molecule has 1 aromatic heterocycles. The van der Waals surface area contributed by atoms with Crippen LogP contribution in [-0.4, -0.2) is 116 Å². The summed E-state index contributed by atoms with van der Waals surface area (Å²) in [7, 11) is 0. The second-order valence-corrected chi connectivity index (χ2v) is 10.3. The first-order valence-electron chi connectivity index (χ1n) is 14.5. The fraction of sp³-hybridized carbons (Fsp3) is 0.448. The van der Waals surface area contributed by atoms with E-state index in [-0.39, 0.29) is 18.8 Å². The van der Waals surface area contributed by atoms with Crippen LogP contribution >= 0.6 is 0 Å². The Balaban J connectivity index is 1.71. The summed E-state index contributed by atoms with van der Waals surface area (Å²) in [6.45, 7) is 3.92. The fourth-order valence-electron chi connectivity index (χ4n) is 4.49. The molecule has 0 spiro atoms. The molecule has 0 saturated heterocycles. The summed E-state index contributed by atoms with van der Waals surface area (Å²) < 4.78 is 25.9. The Labute approximate surface area is 278 Å². The summed E-state index contributed by atoms with van der Waals surface area (Å²) in [4.78, 5) is 99.1. The van der Waals surface area contributed by atoms with Crippen LogP contribution in [0.1, 0.15) is 61.2 Å². The molecule has 1 aliphatic rings. The van der Waals surface area contributed by atoms with E-state index in [1.54, 1.807) is 24.3 Å². The SMILES string of the molecule is CC(=O)OC[C@@H](OC(C)=O)[C@H](OC(C)=O)[C@H](OC(C)=O)[C@H](/C=N/NC(=O)Cn1nnc(CCN2C(=O)c3ccccc3C2=O)n1)OC(C)=O. The Bertz CT molecular complexity index is 1600. The number of fused-ring (bicyclic) bond motifs is 1. The highest BCUT2D eigenvalue weighted by atomic mass is 16.6. The van der Waals surface area contributed by atoms with Crippen molar-refractivity contribution >= 4 is 53.8 Å². The molecule has 0 radical (unpaired) electrons. The van der Waals surface area contributed by atoms with Gasteiger partial charge in [-0.1, -0.05) is 12.1 Å². The molecule has 20 heteroatoms. The second kappa shape index (κ2) is 17.2. The van der Waals surface area contributed by atoms with E-state index in [9.17, 15) is 38.4 Å². The van der Waals surface area contributed by atoms with Crippen LogP contribution in [-0.2, 0) is 65.4 Å². The summed E-state index contributed by atoms with van der Waals surface area (Å²) in [5.74, 6) is -5.99. The summed E-state index contributed by atoms with van der Waals surface area (Å²) in [5, 5.41) is 15.4. The molecule has 1 aliphatic heterocycles. The van der Waals surface area contributed by atoms with Crippen molar-refractivity contribution < 1.29 is 62.0 Å². The zero-order chi connectivity index (χ0) is 36.2. The number of hydrazone groups is 1. The third-order valence-electron chi connectivity index (χ3n) is 6.32. The number of hydrogen-bond donors (Lipinski definition) is 1. The highest BCUT2D eigenvalue weighted by Crippen LogP contribution is 2.22. The Morgan fingerprint density at radius 2 is 1.39 bits per heavy atom. The molecule has 0 bridgehead atoms. The number of amides is 3. The minimum Gasteiger partial charge on any atom is -0.462 e. The van der Waals surface area contributed by atoms with Gasteiger partial charge >= 0.3 is 29.8 Å². The number of rotatable bonds is 16. The molecule has 0 fully saturated rings. The van der Waals surface area contributed by atoms with Gasteiger partial charge in [-0.05, 0) is 17.3 Å². The molecule has 3 rings (SSSR count). The number of hydrogen-bond acceptors (Lipinski definition) is 17. The van der Waals surface area contributed by atoms with E-state index >= 15 is 0 Å². The van der Waals surface area contributed by atoms with Gasteiger partial charge in [0.1, 0.15) is 13.2 Å². The highest BCUT2D eigenvalue weighted by molar-refractivity contribution is 6.21. The molecule has 0 aliphatic carbocycles. The zero-order valence-corrected chi connectivity index (χ0v) is 27.0. The van der Waals surface area contributed by atoms with E-state index < -0.39 is 85.1 Å². The van der Waals surface area contributed by atoms with Crippen molar-refractivity contribution in [2.24, 2.45) is 5.10 Å². The van der Waals surface area contributed by atoms with Crippen molar-refractivity contribution in [2.45, 2.75) is 72.0 Å².